The van der Waals surface area contributed by atoms with Gasteiger partial charge in [0.2, 0.25) is 0 Å². The van der Waals surface area contributed by atoms with Gasteiger partial charge in [0.05, 0.1) is 12.5 Å². The van der Waals surface area contributed by atoms with E-state index >= 15 is 0 Å². The maximum absolute atomic E-state index is 12.6. The Morgan fingerprint density at radius 2 is 1.70 bits per heavy atom. The van der Waals surface area contributed by atoms with Gasteiger partial charge in [0, 0.05) is 17.7 Å². The van der Waals surface area contributed by atoms with Gasteiger partial charge in [-0.1, -0.05) is 48.5 Å². The van der Waals surface area contributed by atoms with E-state index in [2.05, 4.69) is 4.90 Å². The Morgan fingerprint density at radius 1 is 1.00 bits per heavy atom. The number of nitrogens with zero attached hydrogens (tertiary/aromatic N) is 1. The maximum Gasteiger partial charge on any atom is 0.313 e. The van der Waals surface area contributed by atoms with E-state index in [-0.39, 0.29) is 17.7 Å². The second kappa shape index (κ2) is 9.47. The first-order valence-corrected chi connectivity index (χ1v) is 9.74. The van der Waals surface area contributed by atoms with E-state index in [0.717, 1.165) is 31.6 Å². The third-order valence-corrected chi connectivity index (χ3v) is 5.10. The number of esters is 1. The number of hydrogen-bond donors (Lipinski definition) is 0. The SMILES string of the molecule is CC(C(=O)OCCCN1CCCC1)c1cccc(C(=O)c2ccccc2)c1. The van der Waals surface area contributed by atoms with Crippen molar-refractivity contribution < 1.29 is 14.3 Å². The van der Waals surface area contributed by atoms with Gasteiger partial charge in [-0.3, -0.25) is 9.59 Å². The first kappa shape index (κ1) is 19.3. The fourth-order valence-corrected chi connectivity index (χ4v) is 3.43. The van der Waals surface area contributed by atoms with E-state index < -0.39 is 0 Å². The first-order valence-electron chi connectivity index (χ1n) is 9.74. The van der Waals surface area contributed by atoms with Crippen LogP contribution in [0.3, 0.4) is 0 Å². The van der Waals surface area contributed by atoms with Crippen LogP contribution in [0.5, 0.6) is 0 Å². The number of ether oxygens (including phenoxy) is 1. The van der Waals surface area contributed by atoms with Crippen molar-refractivity contribution in [3.8, 4) is 0 Å². The topological polar surface area (TPSA) is 46.6 Å². The number of benzene rings is 2. The lowest BCUT2D eigenvalue weighted by molar-refractivity contribution is -0.145. The lowest BCUT2D eigenvalue weighted by atomic mass is 9.96. The third-order valence-electron chi connectivity index (χ3n) is 5.10. The molecule has 0 N–H and O–H groups in total. The number of carbonyl (C=O) groups excluding carboxylic acids is 2. The molecule has 142 valence electrons. The summed E-state index contributed by atoms with van der Waals surface area (Å²) in [6.45, 7) is 5.58. The molecule has 0 aromatic heterocycles. The normalized spacial score (nSPS) is 15.4. The Hall–Kier alpha value is -2.46. The molecule has 0 spiro atoms. The van der Waals surface area contributed by atoms with Crippen LogP contribution in [-0.4, -0.2) is 42.9 Å². The second-order valence-corrected chi connectivity index (χ2v) is 7.11. The molecule has 1 fully saturated rings. The molecule has 1 atom stereocenters. The molecule has 2 aromatic rings. The van der Waals surface area contributed by atoms with Crippen LogP contribution in [-0.2, 0) is 9.53 Å². The molecule has 1 aliphatic rings. The minimum Gasteiger partial charge on any atom is -0.465 e. The Labute approximate surface area is 161 Å². The zero-order valence-corrected chi connectivity index (χ0v) is 15.9. The van der Waals surface area contributed by atoms with Crippen molar-refractivity contribution in [2.75, 3.05) is 26.2 Å². The van der Waals surface area contributed by atoms with Crippen molar-refractivity contribution in [1.82, 2.24) is 4.90 Å². The van der Waals surface area contributed by atoms with Crippen LogP contribution in [0.25, 0.3) is 0 Å². The molecule has 1 heterocycles. The predicted octanol–water partition coefficient (Wildman–Crippen LogP) is 4.05. The fourth-order valence-electron chi connectivity index (χ4n) is 3.43. The molecule has 1 saturated heterocycles. The summed E-state index contributed by atoms with van der Waals surface area (Å²) in [5, 5.41) is 0. The lowest BCUT2D eigenvalue weighted by Crippen LogP contribution is -2.22. The quantitative estimate of drug-likeness (QED) is 0.402. The van der Waals surface area contributed by atoms with Gasteiger partial charge < -0.3 is 9.64 Å². The summed E-state index contributed by atoms with van der Waals surface area (Å²) in [6, 6.07) is 16.5. The van der Waals surface area contributed by atoms with Gasteiger partial charge in [-0.05, 0) is 50.9 Å². The Morgan fingerprint density at radius 3 is 2.44 bits per heavy atom. The molecule has 0 saturated carbocycles. The first-order chi connectivity index (χ1) is 13.1. The smallest absolute Gasteiger partial charge is 0.313 e. The summed E-state index contributed by atoms with van der Waals surface area (Å²) < 4.78 is 5.45. The maximum atomic E-state index is 12.6. The second-order valence-electron chi connectivity index (χ2n) is 7.11. The van der Waals surface area contributed by atoms with Gasteiger partial charge in [0.25, 0.3) is 0 Å². The van der Waals surface area contributed by atoms with Crippen molar-refractivity contribution in [1.29, 1.82) is 0 Å². The average molecular weight is 365 g/mol. The van der Waals surface area contributed by atoms with E-state index in [1.165, 1.54) is 12.8 Å². The zero-order chi connectivity index (χ0) is 19.1. The highest BCUT2D eigenvalue weighted by atomic mass is 16.5. The highest BCUT2D eigenvalue weighted by Crippen LogP contribution is 2.20. The number of ketones is 1. The molecule has 0 aliphatic carbocycles. The largest absolute Gasteiger partial charge is 0.465 e. The number of rotatable bonds is 8. The van der Waals surface area contributed by atoms with Crippen molar-refractivity contribution in [2.45, 2.75) is 32.1 Å². The van der Waals surface area contributed by atoms with Crippen molar-refractivity contribution >= 4 is 11.8 Å². The van der Waals surface area contributed by atoms with Gasteiger partial charge in [-0.2, -0.15) is 0 Å². The molecule has 4 nitrogen and oxygen atoms in total. The van der Waals surface area contributed by atoms with Gasteiger partial charge in [-0.25, -0.2) is 0 Å². The minimum absolute atomic E-state index is 0.0383. The Balaban J connectivity index is 1.55. The standard InChI is InChI=1S/C23H27NO3/c1-18(23(26)27-16-8-15-24-13-5-6-14-24)20-11-7-12-21(17-20)22(25)19-9-3-2-4-10-19/h2-4,7,9-12,17-18H,5-6,8,13-16H2,1H3. The van der Waals surface area contributed by atoms with Crippen LogP contribution in [0.15, 0.2) is 54.6 Å². The van der Waals surface area contributed by atoms with Crippen LogP contribution in [0.1, 0.15) is 53.6 Å². The highest BCUT2D eigenvalue weighted by Gasteiger charge is 2.19. The van der Waals surface area contributed by atoms with Gasteiger partial charge in [-0.15, -0.1) is 0 Å². The monoisotopic (exact) mass is 365 g/mol. The number of likely N-dealkylation sites (tertiary alicyclic amines) is 1. The Bertz CT molecular complexity index is 766. The molecule has 1 aliphatic heterocycles. The molecular formula is C23H27NO3. The van der Waals surface area contributed by atoms with Crippen LogP contribution >= 0.6 is 0 Å². The zero-order valence-electron chi connectivity index (χ0n) is 15.9. The summed E-state index contributed by atoms with van der Waals surface area (Å²) in [5.41, 5.74) is 2.04. The van der Waals surface area contributed by atoms with Crippen LogP contribution in [0.2, 0.25) is 0 Å². The number of hydrogen-bond acceptors (Lipinski definition) is 4. The summed E-state index contributed by atoms with van der Waals surface area (Å²) >= 11 is 0. The van der Waals surface area contributed by atoms with E-state index in [9.17, 15) is 9.59 Å². The Kier molecular flexibility index (Phi) is 6.77. The van der Waals surface area contributed by atoms with Gasteiger partial charge in [0.15, 0.2) is 5.78 Å². The van der Waals surface area contributed by atoms with Gasteiger partial charge >= 0.3 is 5.97 Å². The summed E-state index contributed by atoms with van der Waals surface area (Å²) in [4.78, 5) is 27.4. The lowest BCUT2D eigenvalue weighted by Gasteiger charge is -2.16. The minimum atomic E-state index is -0.389. The average Bonchev–Trinajstić information content (AvgIpc) is 3.24. The molecule has 4 heteroatoms. The van der Waals surface area contributed by atoms with Crippen LogP contribution in [0.4, 0.5) is 0 Å². The third kappa shape index (κ3) is 5.27. The molecule has 27 heavy (non-hydrogen) atoms. The molecule has 1 unspecified atom stereocenters. The number of carbonyl (C=O) groups is 2. The highest BCUT2D eigenvalue weighted by molar-refractivity contribution is 6.09. The molecular weight excluding hydrogens is 338 g/mol. The summed E-state index contributed by atoms with van der Waals surface area (Å²) in [6.07, 6.45) is 3.41. The molecule has 2 aromatic carbocycles. The van der Waals surface area contributed by atoms with E-state index in [1.54, 1.807) is 24.3 Å². The van der Waals surface area contributed by atoms with E-state index in [1.807, 2.05) is 37.3 Å². The summed E-state index contributed by atoms with van der Waals surface area (Å²) in [5.74, 6) is -0.662. The van der Waals surface area contributed by atoms with Crippen molar-refractivity contribution in [2.24, 2.45) is 0 Å². The summed E-state index contributed by atoms with van der Waals surface area (Å²) in [7, 11) is 0. The van der Waals surface area contributed by atoms with E-state index in [0.29, 0.717) is 17.7 Å². The predicted molar refractivity (Wildman–Crippen MR) is 106 cm³/mol. The fraction of sp³-hybridized carbons (Fsp3) is 0.391. The van der Waals surface area contributed by atoms with Crippen LogP contribution in [0, 0.1) is 0 Å². The molecule has 3 rings (SSSR count). The molecule has 0 amide bonds. The van der Waals surface area contributed by atoms with Gasteiger partial charge in [0.1, 0.15) is 0 Å². The van der Waals surface area contributed by atoms with Crippen molar-refractivity contribution in [3.05, 3.63) is 71.3 Å². The molecule has 0 bridgehead atoms. The van der Waals surface area contributed by atoms with E-state index in [4.69, 9.17) is 4.74 Å². The molecule has 0 radical (unpaired) electrons. The van der Waals surface area contributed by atoms with Crippen LogP contribution < -0.4 is 0 Å². The van der Waals surface area contributed by atoms with Crippen molar-refractivity contribution in [3.63, 3.8) is 0 Å².